The summed E-state index contributed by atoms with van der Waals surface area (Å²) in [7, 11) is 0. The summed E-state index contributed by atoms with van der Waals surface area (Å²) in [5.74, 6) is -2.03. The smallest absolute Gasteiger partial charge is 0.368 e. The Bertz CT molecular complexity index is 701. The molecule has 3 rings (SSSR count). The van der Waals surface area contributed by atoms with Crippen LogP contribution in [0.15, 0.2) is 11.4 Å². The van der Waals surface area contributed by atoms with Gasteiger partial charge in [-0.3, -0.25) is 14.5 Å². The fraction of sp³-hybridized carbons (Fsp3) is 0.588. The zero-order chi connectivity index (χ0) is 17.6. The van der Waals surface area contributed by atoms with E-state index in [1.54, 1.807) is 32.1 Å². The van der Waals surface area contributed by atoms with Gasteiger partial charge in [0.1, 0.15) is 17.9 Å². The summed E-state index contributed by atoms with van der Waals surface area (Å²) in [5, 5.41) is 3.86. The van der Waals surface area contributed by atoms with Gasteiger partial charge in [-0.1, -0.05) is 0 Å². The first kappa shape index (κ1) is 17.1. The van der Waals surface area contributed by atoms with Gasteiger partial charge in [0.25, 0.3) is 0 Å². The Balaban J connectivity index is 2.09. The Morgan fingerprint density at radius 2 is 2.08 bits per heavy atom. The monoisotopic (exact) mass is 351 g/mol. The van der Waals surface area contributed by atoms with Crippen molar-refractivity contribution in [2.24, 2.45) is 11.8 Å². The van der Waals surface area contributed by atoms with Crippen molar-refractivity contribution in [1.29, 1.82) is 0 Å². The van der Waals surface area contributed by atoms with E-state index in [1.807, 2.05) is 23.7 Å². The molecule has 2 saturated heterocycles. The van der Waals surface area contributed by atoms with Gasteiger partial charge in [0.2, 0.25) is 17.4 Å². The van der Waals surface area contributed by atoms with E-state index < -0.39 is 23.3 Å². The van der Waals surface area contributed by atoms with Crippen LogP contribution < -0.4 is 5.32 Å². The van der Waals surface area contributed by atoms with Gasteiger partial charge in [0.05, 0.1) is 11.5 Å². The van der Waals surface area contributed by atoms with Crippen molar-refractivity contribution >= 4 is 29.1 Å². The average molecular weight is 351 g/mol. The fourth-order valence-corrected chi connectivity index (χ4v) is 5.13. The van der Waals surface area contributed by atoms with Crippen LogP contribution >= 0.6 is 11.3 Å². The molecular weight excluding hydrogens is 328 g/mol. The Kier molecular flexibility index (Phi) is 4.25. The molecule has 1 aromatic heterocycles. The third-order valence-corrected chi connectivity index (χ3v) is 6.36. The number of hydrogen-bond acceptors (Lipinski definition) is 5. The molecule has 0 aliphatic carbocycles. The molecule has 6 nitrogen and oxygen atoms in total. The first-order valence-electron chi connectivity index (χ1n) is 8.29. The van der Waals surface area contributed by atoms with Gasteiger partial charge in [-0.25, -0.2) is 4.79 Å². The van der Waals surface area contributed by atoms with E-state index in [-0.39, 0.29) is 24.5 Å². The van der Waals surface area contributed by atoms with Gasteiger partial charge in [-0.2, -0.15) is 0 Å². The highest BCUT2D eigenvalue weighted by Gasteiger charge is 2.70. The molecule has 2 amide bonds. The molecule has 0 bridgehead atoms. The second kappa shape index (κ2) is 5.97. The number of quaternary nitrogens is 1. The first-order valence-corrected chi connectivity index (χ1v) is 9.17. The zero-order valence-corrected chi connectivity index (χ0v) is 15.2. The average Bonchev–Trinajstić information content (AvgIpc) is 3.16. The maximum atomic E-state index is 12.9. The molecule has 0 radical (unpaired) electrons. The quantitative estimate of drug-likeness (QED) is 0.637. The largest absolute Gasteiger partial charge is 0.461 e. The number of esters is 1. The van der Waals surface area contributed by atoms with Crippen molar-refractivity contribution in [3.05, 3.63) is 21.9 Å². The summed E-state index contributed by atoms with van der Waals surface area (Å²) in [5.41, 5.74) is 0.0154. The van der Waals surface area contributed by atoms with Crippen LogP contribution in [0.1, 0.15) is 37.3 Å². The second-order valence-electron chi connectivity index (χ2n) is 6.59. The minimum Gasteiger partial charge on any atom is -0.461 e. The van der Waals surface area contributed by atoms with E-state index in [1.165, 1.54) is 4.90 Å². The van der Waals surface area contributed by atoms with E-state index >= 15 is 0 Å². The fourth-order valence-electron chi connectivity index (χ4n) is 4.08. The minimum absolute atomic E-state index is 0.172. The van der Waals surface area contributed by atoms with E-state index in [4.69, 9.17) is 4.74 Å². The second-order valence-corrected chi connectivity index (χ2v) is 7.54. The Hall–Kier alpha value is -1.73. The SMILES string of the molecule is CCOC(=O)[C@]1(C)[NH2+][C@H](c2sccc2C)[C@H]2C(=O)N(CC)C(=O)[C@@H]21. The number of likely N-dealkylation sites (tertiary alicyclic amines) is 1. The van der Waals surface area contributed by atoms with Crippen LogP contribution in [0.4, 0.5) is 0 Å². The zero-order valence-electron chi connectivity index (χ0n) is 14.4. The number of imide groups is 1. The van der Waals surface area contributed by atoms with Crippen LogP contribution in [-0.4, -0.2) is 41.4 Å². The van der Waals surface area contributed by atoms with Gasteiger partial charge in [0, 0.05) is 13.5 Å². The number of rotatable bonds is 4. The highest BCUT2D eigenvalue weighted by Crippen LogP contribution is 2.45. The summed E-state index contributed by atoms with van der Waals surface area (Å²) in [6, 6.07) is 1.78. The standard InChI is InChI=1S/C17H22N2O4S/c1-5-19-14(20)10-11(15(19)21)17(4,16(22)23-6-2)18-12(10)13-9(3)7-8-24-13/h7-8,10-12,18H,5-6H2,1-4H3/p+1/t10-,11+,12-,17+/m0/s1. The third kappa shape index (κ3) is 2.22. The number of carbonyl (C=O) groups is 3. The lowest BCUT2D eigenvalue weighted by Gasteiger charge is -2.25. The summed E-state index contributed by atoms with van der Waals surface area (Å²) < 4.78 is 5.24. The number of fused-ring (bicyclic) bond motifs is 1. The summed E-state index contributed by atoms with van der Waals surface area (Å²) in [6.45, 7) is 7.84. The molecule has 7 heteroatoms. The molecule has 0 aromatic carbocycles. The molecule has 2 N–H and O–H groups in total. The minimum atomic E-state index is -1.07. The van der Waals surface area contributed by atoms with Crippen molar-refractivity contribution in [1.82, 2.24) is 4.90 Å². The lowest BCUT2D eigenvalue weighted by atomic mass is 9.81. The molecule has 0 saturated carbocycles. The molecular formula is C17H23N2O4S+. The summed E-state index contributed by atoms with van der Waals surface area (Å²) in [4.78, 5) is 40.6. The molecule has 130 valence electrons. The van der Waals surface area contributed by atoms with Gasteiger partial charge in [-0.15, -0.1) is 11.3 Å². The van der Waals surface area contributed by atoms with Gasteiger partial charge < -0.3 is 10.1 Å². The molecule has 1 aromatic rings. The van der Waals surface area contributed by atoms with E-state index in [9.17, 15) is 14.4 Å². The first-order chi connectivity index (χ1) is 11.4. The van der Waals surface area contributed by atoms with Crippen molar-refractivity contribution in [2.75, 3.05) is 13.2 Å². The van der Waals surface area contributed by atoms with Crippen LogP contribution in [-0.2, 0) is 19.1 Å². The number of nitrogens with zero attached hydrogens (tertiary/aromatic N) is 1. The molecule has 2 aliphatic heterocycles. The predicted octanol–water partition coefficient (Wildman–Crippen LogP) is 0.618. The van der Waals surface area contributed by atoms with E-state index in [0.717, 1.165) is 10.4 Å². The van der Waals surface area contributed by atoms with Gasteiger partial charge in [0.15, 0.2) is 0 Å². The molecule has 0 spiro atoms. The molecule has 24 heavy (non-hydrogen) atoms. The van der Waals surface area contributed by atoms with E-state index in [0.29, 0.717) is 6.54 Å². The maximum Gasteiger partial charge on any atom is 0.368 e. The molecule has 4 atom stereocenters. The Labute approximate surface area is 145 Å². The van der Waals surface area contributed by atoms with E-state index in [2.05, 4.69) is 0 Å². The number of aryl methyl sites for hydroxylation is 1. The third-order valence-electron chi connectivity index (χ3n) is 5.24. The Morgan fingerprint density at radius 1 is 1.38 bits per heavy atom. The number of carbonyl (C=O) groups excluding carboxylic acids is 3. The topological polar surface area (TPSA) is 80.3 Å². The number of ether oxygens (including phenoxy) is 1. The van der Waals surface area contributed by atoms with Crippen LogP contribution in [0.25, 0.3) is 0 Å². The van der Waals surface area contributed by atoms with Crippen molar-refractivity contribution in [3.8, 4) is 0 Å². The highest BCUT2D eigenvalue weighted by atomic mass is 32.1. The van der Waals surface area contributed by atoms with Crippen LogP contribution in [0.5, 0.6) is 0 Å². The van der Waals surface area contributed by atoms with Crippen LogP contribution in [0.3, 0.4) is 0 Å². The summed E-state index contributed by atoms with van der Waals surface area (Å²) in [6.07, 6.45) is 0. The maximum absolute atomic E-state index is 12.9. The normalized spacial score (nSPS) is 32.3. The lowest BCUT2D eigenvalue weighted by Crippen LogP contribution is -2.97. The van der Waals surface area contributed by atoms with Crippen molar-refractivity contribution in [3.63, 3.8) is 0 Å². The van der Waals surface area contributed by atoms with Crippen LogP contribution in [0.2, 0.25) is 0 Å². The van der Waals surface area contributed by atoms with Crippen molar-refractivity contribution < 1.29 is 24.4 Å². The highest BCUT2D eigenvalue weighted by molar-refractivity contribution is 7.10. The van der Waals surface area contributed by atoms with Gasteiger partial charge in [-0.05, 0) is 37.8 Å². The molecule has 2 aliphatic rings. The molecule has 2 fully saturated rings. The number of thiophene rings is 1. The molecule has 3 heterocycles. The molecule has 0 unspecified atom stereocenters. The van der Waals surface area contributed by atoms with Crippen molar-refractivity contribution in [2.45, 2.75) is 39.3 Å². The number of nitrogens with two attached hydrogens (primary N) is 1. The van der Waals surface area contributed by atoms with Gasteiger partial charge >= 0.3 is 5.97 Å². The predicted molar refractivity (Wildman–Crippen MR) is 88.1 cm³/mol. The summed E-state index contributed by atoms with van der Waals surface area (Å²) >= 11 is 1.57. The number of amides is 2. The van der Waals surface area contributed by atoms with Crippen LogP contribution in [0, 0.1) is 18.8 Å². The Morgan fingerprint density at radius 3 is 2.62 bits per heavy atom. The lowest BCUT2D eigenvalue weighted by molar-refractivity contribution is -0.730. The number of hydrogen-bond donors (Lipinski definition) is 1.